The van der Waals surface area contributed by atoms with Gasteiger partial charge in [-0.15, -0.1) is 6.58 Å². The van der Waals surface area contributed by atoms with Crippen molar-refractivity contribution in [3.63, 3.8) is 0 Å². The number of nitrogens with one attached hydrogen (secondary N) is 1. The Hall–Kier alpha value is -1.54. The first-order valence-corrected chi connectivity index (χ1v) is 6.27. The summed E-state index contributed by atoms with van der Waals surface area (Å²) in [4.78, 5) is 0. The molecule has 2 nitrogen and oxygen atoms in total. The van der Waals surface area contributed by atoms with Gasteiger partial charge in [0, 0.05) is 0 Å². The zero-order valence-corrected chi connectivity index (χ0v) is 11.5. The number of benzene rings is 1. The van der Waals surface area contributed by atoms with Crippen molar-refractivity contribution in [2.45, 2.75) is 30.9 Å². The Balaban J connectivity index is 2.58. The van der Waals surface area contributed by atoms with Crippen molar-refractivity contribution in [2.24, 2.45) is 0 Å². The Morgan fingerprint density at radius 3 is 2.05 bits per heavy atom. The van der Waals surface area contributed by atoms with Crippen molar-refractivity contribution in [3.8, 4) is 0 Å². The number of hydrogen-bond donors (Lipinski definition) is 1. The van der Waals surface area contributed by atoms with Crippen LogP contribution in [0.3, 0.4) is 0 Å². The van der Waals surface area contributed by atoms with Crippen LogP contribution in [0.1, 0.15) is 29.7 Å². The molecule has 2 rings (SSSR count). The maximum atomic E-state index is 12.9. The molecule has 1 fully saturated rings. The van der Waals surface area contributed by atoms with E-state index >= 15 is 0 Å². The zero-order chi connectivity index (χ0) is 16.8. The first kappa shape index (κ1) is 16.8. The fourth-order valence-electron chi connectivity index (χ4n) is 2.30. The lowest BCUT2D eigenvalue weighted by Gasteiger charge is -2.27. The van der Waals surface area contributed by atoms with E-state index in [-0.39, 0.29) is 18.4 Å². The lowest BCUT2D eigenvalue weighted by Crippen LogP contribution is -2.38. The topological polar surface area (TPSA) is 21.3 Å². The van der Waals surface area contributed by atoms with Gasteiger partial charge in [0.1, 0.15) is 6.10 Å². The van der Waals surface area contributed by atoms with E-state index in [9.17, 15) is 26.3 Å². The van der Waals surface area contributed by atoms with Crippen LogP contribution in [0.5, 0.6) is 0 Å². The van der Waals surface area contributed by atoms with Gasteiger partial charge in [0.15, 0.2) is 0 Å². The number of halogens is 6. The molecule has 0 saturated carbocycles. The number of alkyl halides is 6. The Kier molecular flexibility index (Phi) is 4.03. The fraction of sp³-hybridized carbons (Fsp3) is 0.429. The summed E-state index contributed by atoms with van der Waals surface area (Å²) >= 11 is 0. The predicted octanol–water partition coefficient (Wildman–Crippen LogP) is 4.29. The smallest absolute Gasteiger partial charge is 0.356 e. The Bertz CT molecular complexity index is 547. The van der Waals surface area contributed by atoms with Crippen LogP contribution in [0.25, 0.3) is 0 Å². The minimum atomic E-state index is -4.88. The minimum Gasteiger partial charge on any atom is -0.356 e. The second-order valence-corrected chi connectivity index (χ2v) is 5.19. The van der Waals surface area contributed by atoms with Gasteiger partial charge in [0.2, 0.25) is 0 Å². The van der Waals surface area contributed by atoms with Crippen LogP contribution in [0.15, 0.2) is 30.9 Å². The molecule has 1 aliphatic rings. The largest absolute Gasteiger partial charge is 0.416 e. The van der Waals surface area contributed by atoms with Crippen LogP contribution >= 0.6 is 0 Å². The molecular weight excluding hydrogens is 312 g/mol. The molecule has 22 heavy (non-hydrogen) atoms. The lowest BCUT2D eigenvalue weighted by molar-refractivity contribution is -0.143. The van der Waals surface area contributed by atoms with Gasteiger partial charge >= 0.3 is 12.4 Å². The number of hydrogen-bond acceptors (Lipinski definition) is 2. The van der Waals surface area contributed by atoms with Crippen LogP contribution in [0, 0.1) is 0 Å². The monoisotopic (exact) mass is 325 g/mol. The molecule has 0 aromatic heterocycles. The molecule has 0 aliphatic carbocycles. The second kappa shape index (κ2) is 5.27. The Labute approximate surface area is 122 Å². The van der Waals surface area contributed by atoms with Gasteiger partial charge in [0.25, 0.3) is 0 Å². The quantitative estimate of drug-likeness (QED) is 0.647. The summed E-state index contributed by atoms with van der Waals surface area (Å²) in [7, 11) is 0. The molecule has 8 heteroatoms. The van der Waals surface area contributed by atoms with Crippen molar-refractivity contribution < 1.29 is 31.1 Å². The van der Waals surface area contributed by atoms with Crippen molar-refractivity contribution in [3.05, 3.63) is 47.5 Å². The third kappa shape index (κ3) is 3.12. The standard InChI is InChI=1S/C14H13F6NO/c1-3-12(2)11(22-7-21-12)8-4-9(13(15,16)17)6-10(5-8)14(18,19)20/h3-6,11,21H,1,7H2,2H3. The molecule has 2 atom stereocenters. The third-order valence-corrected chi connectivity index (χ3v) is 3.58. The first-order chi connectivity index (χ1) is 9.97. The minimum absolute atomic E-state index is 0.00475. The Morgan fingerprint density at radius 1 is 1.14 bits per heavy atom. The van der Waals surface area contributed by atoms with Crippen LogP contribution in [-0.2, 0) is 17.1 Å². The average molecular weight is 325 g/mol. The van der Waals surface area contributed by atoms with Gasteiger partial charge in [-0.25, -0.2) is 0 Å². The van der Waals surface area contributed by atoms with Crippen LogP contribution in [-0.4, -0.2) is 12.3 Å². The van der Waals surface area contributed by atoms with Crippen molar-refractivity contribution in [1.29, 1.82) is 0 Å². The molecule has 0 bridgehead atoms. The molecule has 1 heterocycles. The van der Waals surface area contributed by atoms with E-state index < -0.39 is 35.1 Å². The summed E-state index contributed by atoms with van der Waals surface area (Å²) in [5, 5.41) is 2.84. The van der Waals surface area contributed by atoms with E-state index in [1.54, 1.807) is 6.92 Å². The summed E-state index contributed by atoms with van der Waals surface area (Å²) in [5.41, 5.74) is -3.87. The highest BCUT2D eigenvalue weighted by Gasteiger charge is 2.42. The SMILES string of the molecule is C=CC1(C)NCOC1c1cc(C(F)(F)F)cc(C(F)(F)F)c1. The van der Waals surface area contributed by atoms with Crippen LogP contribution in [0.4, 0.5) is 26.3 Å². The molecule has 1 aromatic rings. The summed E-state index contributed by atoms with van der Waals surface area (Å²) in [5.74, 6) is 0. The normalized spacial score (nSPS) is 26.2. The summed E-state index contributed by atoms with van der Waals surface area (Å²) in [6, 6.07) is 1.44. The maximum absolute atomic E-state index is 12.9. The molecule has 1 N–H and O–H groups in total. The van der Waals surface area contributed by atoms with Gasteiger partial charge in [-0.1, -0.05) is 6.08 Å². The molecule has 0 radical (unpaired) electrons. The lowest BCUT2D eigenvalue weighted by atomic mass is 9.88. The number of ether oxygens (including phenoxy) is 1. The van der Waals surface area contributed by atoms with E-state index in [1.165, 1.54) is 6.08 Å². The summed E-state index contributed by atoms with van der Waals surface area (Å²) in [6.45, 7) is 5.14. The van der Waals surface area contributed by atoms with E-state index in [0.29, 0.717) is 12.1 Å². The predicted molar refractivity (Wildman–Crippen MR) is 66.9 cm³/mol. The highest BCUT2D eigenvalue weighted by molar-refractivity contribution is 5.37. The molecule has 0 spiro atoms. The van der Waals surface area contributed by atoms with Gasteiger partial charge in [-0.2, -0.15) is 26.3 Å². The van der Waals surface area contributed by atoms with Gasteiger partial charge in [-0.3, -0.25) is 5.32 Å². The van der Waals surface area contributed by atoms with E-state index in [4.69, 9.17) is 4.74 Å². The molecule has 1 aliphatic heterocycles. The van der Waals surface area contributed by atoms with E-state index in [0.717, 1.165) is 0 Å². The number of rotatable bonds is 2. The molecule has 0 amide bonds. The van der Waals surface area contributed by atoms with Crippen LogP contribution < -0.4 is 5.32 Å². The maximum Gasteiger partial charge on any atom is 0.416 e. The second-order valence-electron chi connectivity index (χ2n) is 5.19. The van der Waals surface area contributed by atoms with Crippen molar-refractivity contribution >= 4 is 0 Å². The highest BCUT2D eigenvalue weighted by Crippen LogP contribution is 2.41. The van der Waals surface area contributed by atoms with Crippen LogP contribution in [0.2, 0.25) is 0 Å². The van der Waals surface area contributed by atoms with E-state index in [1.807, 2.05) is 0 Å². The fourth-order valence-corrected chi connectivity index (χ4v) is 2.30. The highest BCUT2D eigenvalue weighted by atomic mass is 19.4. The van der Waals surface area contributed by atoms with Gasteiger partial charge in [0.05, 0.1) is 23.4 Å². The molecular formula is C14H13F6NO. The van der Waals surface area contributed by atoms with Gasteiger partial charge in [-0.05, 0) is 30.7 Å². The Morgan fingerprint density at radius 2 is 1.64 bits per heavy atom. The molecule has 122 valence electrons. The summed E-state index contributed by atoms with van der Waals surface area (Å²) in [6.07, 6.45) is -9.36. The summed E-state index contributed by atoms with van der Waals surface area (Å²) < 4.78 is 82.4. The zero-order valence-electron chi connectivity index (χ0n) is 11.5. The molecule has 2 unspecified atom stereocenters. The van der Waals surface area contributed by atoms with Crippen molar-refractivity contribution in [1.82, 2.24) is 5.32 Å². The average Bonchev–Trinajstić information content (AvgIpc) is 2.79. The van der Waals surface area contributed by atoms with Crippen molar-refractivity contribution in [2.75, 3.05) is 6.73 Å². The van der Waals surface area contributed by atoms with Gasteiger partial charge < -0.3 is 4.74 Å². The molecule has 1 aromatic carbocycles. The van der Waals surface area contributed by atoms with E-state index in [2.05, 4.69) is 11.9 Å². The third-order valence-electron chi connectivity index (χ3n) is 3.58. The molecule has 1 saturated heterocycles. The first-order valence-electron chi connectivity index (χ1n) is 6.27.